The number of benzene rings is 2. The first kappa shape index (κ1) is 21.8. The number of hydrogen-bond donors (Lipinski definition) is 2. The van der Waals surface area contributed by atoms with Gasteiger partial charge in [-0.2, -0.15) is 0 Å². The summed E-state index contributed by atoms with van der Waals surface area (Å²) in [4.78, 5) is 17.9. The molecule has 2 aromatic carbocycles. The summed E-state index contributed by atoms with van der Waals surface area (Å²) >= 11 is 5.73. The summed E-state index contributed by atoms with van der Waals surface area (Å²) in [5.41, 5.74) is 3.15. The Kier molecular flexibility index (Phi) is 5.81. The molecule has 6 nitrogen and oxygen atoms in total. The van der Waals surface area contributed by atoms with Crippen molar-refractivity contribution in [2.45, 2.75) is 19.0 Å². The van der Waals surface area contributed by atoms with Gasteiger partial charge in [0.2, 0.25) is 5.91 Å². The summed E-state index contributed by atoms with van der Waals surface area (Å²) in [6.07, 6.45) is 1.74. The smallest absolute Gasteiger partial charge is 0.221 e. The highest BCUT2D eigenvalue weighted by molar-refractivity contribution is 7.80. The van der Waals surface area contributed by atoms with Gasteiger partial charge in [0.05, 0.1) is 11.7 Å². The highest BCUT2D eigenvalue weighted by atomic mass is 32.1. The Morgan fingerprint density at radius 2 is 1.82 bits per heavy atom. The molecule has 3 heterocycles. The van der Waals surface area contributed by atoms with Gasteiger partial charge in [0.25, 0.3) is 0 Å². The molecule has 1 aliphatic heterocycles. The van der Waals surface area contributed by atoms with Crippen LogP contribution in [-0.2, 0) is 4.79 Å². The van der Waals surface area contributed by atoms with Crippen LogP contribution < -0.4 is 15.5 Å². The second-order valence-corrected chi connectivity index (χ2v) is 8.32. The standard InChI is InChI=1S/C26H21FN4O2S/c1-16(32)29-19-9-11-20(12-10-19)31-25(24(30-26(31)34)21-4-2-3-15-28-21)23-14-13-22(33-23)17-5-7-18(27)8-6-17/h2-15,24-25H,1H3,(H,29,32)(H,30,34)/t24-,25-/m0/s1. The van der Waals surface area contributed by atoms with Gasteiger partial charge in [0, 0.05) is 30.1 Å². The first-order valence-electron chi connectivity index (χ1n) is 10.7. The van der Waals surface area contributed by atoms with E-state index in [2.05, 4.69) is 15.6 Å². The van der Waals surface area contributed by atoms with Crippen LogP contribution in [-0.4, -0.2) is 16.0 Å². The van der Waals surface area contributed by atoms with Crippen molar-refractivity contribution in [1.82, 2.24) is 10.3 Å². The van der Waals surface area contributed by atoms with Crippen molar-refractivity contribution >= 4 is 34.6 Å². The number of furan rings is 1. The summed E-state index contributed by atoms with van der Waals surface area (Å²) in [5.74, 6) is 0.884. The molecule has 34 heavy (non-hydrogen) atoms. The molecular weight excluding hydrogens is 451 g/mol. The molecule has 1 fully saturated rings. The third-order valence-corrected chi connectivity index (χ3v) is 5.93. The lowest BCUT2D eigenvalue weighted by Gasteiger charge is -2.26. The highest BCUT2D eigenvalue weighted by Crippen LogP contribution is 2.43. The zero-order valence-corrected chi connectivity index (χ0v) is 19.1. The molecule has 0 aliphatic carbocycles. The Labute approximate surface area is 201 Å². The monoisotopic (exact) mass is 472 g/mol. The van der Waals surface area contributed by atoms with E-state index in [0.717, 1.165) is 16.9 Å². The van der Waals surface area contributed by atoms with Crippen LogP contribution in [0.4, 0.5) is 15.8 Å². The minimum absolute atomic E-state index is 0.136. The largest absolute Gasteiger partial charge is 0.459 e. The van der Waals surface area contributed by atoms with E-state index in [0.29, 0.717) is 22.3 Å². The molecule has 170 valence electrons. The number of pyridine rings is 1. The number of amides is 1. The van der Waals surface area contributed by atoms with Gasteiger partial charge in [-0.3, -0.25) is 9.78 Å². The first-order valence-corrected chi connectivity index (χ1v) is 11.1. The van der Waals surface area contributed by atoms with Crippen molar-refractivity contribution in [3.63, 3.8) is 0 Å². The molecule has 5 rings (SSSR count). The molecule has 1 saturated heterocycles. The number of halogens is 1. The van der Waals surface area contributed by atoms with E-state index in [1.165, 1.54) is 19.1 Å². The number of hydrogen-bond acceptors (Lipinski definition) is 4. The van der Waals surface area contributed by atoms with E-state index in [1.54, 1.807) is 18.3 Å². The van der Waals surface area contributed by atoms with Gasteiger partial charge in [0.15, 0.2) is 5.11 Å². The number of nitrogens with one attached hydrogen (secondary N) is 2. The van der Waals surface area contributed by atoms with Crippen LogP contribution in [0.3, 0.4) is 0 Å². The van der Waals surface area contributed by atoms with Gasteiger partial charge >= 0.3 is 0 Å². The summed E-state index contributed by atoms with van der Waals surface area (Å²) in [6.45, 7) is 1.47. The van der Waals surface area contributed by atoms with E-state index in [-0.39, 0.29) is 23.8 Å². The Morgan fingerprint density at radius 1 is 1.06 bits per heavy atom. The summed E-state index contributed by atoms with van der Waals surface area (Å²) in [5, 5.41) is 6.70. The zero-order valence-electron chi connectivity index (χ0n) is 18.2. The molecule has 0 unspecified atom stereocenters. The molecule has 2 aromatic heterocycles. The predicted octanol–water partition coefficient (Wildman–Crippen LogP) is 5.62. The van der Waals surface area contributed by atoms with Crippen molar-refractivity contribution in [1.29, 1.82) is 0 Å². The van der Waals surface area contributed by atoms with E-state index >= 15 is 0 Å². The highest BCUT2D eigenvalue weighted by Gasteiger charge is 2.42. The molecular formula is C26H21FN4O2S. The van der Waals surface area contributed by atoms with Crippen LogP contribution in [0.2, 0.25) is 0 Å². The first-order chi connectivity index (χ1) is 16.5. The van der Waals surface area contributed by atoms with Crippen LogP contribution in [0.15, 0.2) is 89.5 Å². The number of carbonyl (C=O) groups excluding carboxylic acids is 1. The van der Waals surface area contributed by atoms with Crippen LogP contribution in [0.1, 0.15) is 30.5 Å². The van der Waals surface area contributed by atoms with E-state index in [1.807, 2.05) is 59.5 Å². The normalized spacial score (nSPS) is 17.5. The van der Waals surface area contributed by atoms with Crippen molar-refractivity contribution in [2.75, 3.05) is 10.2 Å². The molecule has 2 atom stereocenters. The summed E-state index contributed by atoms with van der Waals surface area (Å²) < 4.78 is 19.7. The molecule has 0 saturated carbocycles. The molecule has 1 aliphatic rings. The summed E-state index contributed by atoms with van der Waals surface area (Å²) in [6, 6.07) is 22.6. The van der Waals surface area contributed by atoms with Crippen molar-refractivity contribution in [3.8, 4) is 11.3 Å². The average molecular weight is 473 g/mol. The average Bonchev–Trinajstić information content (AvgIpc) is 3.45. The van der Waals surface area contributed by atoms with Crippen molar-refractivity contribution in [3.05, 3.63) is 102 Å². The Bertz CT molecular complexity index is 1320. The van der Waals surface area contributed by atoms with Gasteiger partial charge in [-0.15, -0.1) is 0 Å². The fourth-order valence-corrected chi connectivity index (χ4v) is 4.46. The van der Waals surface area contributed by atoms with Gasteiger partial charge < -0.3 is 20.0 Å². The molecule has 0 radical (unpaired) electrons. The number of aromatic nitrogens is 1. The lowest BCUT2D eigenvalue weighted by Crippen LogP contribution is -2.29. The maximum atomic E-state index is 13.4. The Morgan fingerprint density at radius 3 is 2.50 bits per heavy atom. The third kappa shape index (κ3) is 4.27. The van der Waals surface area contributed by atoms with E-state index < -0.39 is 0 Å². The fraction of sp³-hybridized carbons (Fsp3) is 0.115. The van der Waals surface area contributed by atoms with Gasteiger partial charge in [-0.05, 0) is 85.0 Å². The maximum Gasteiger partial charge on any atom is 0.221 e. The lowest BCUT2D eigenvalue weighted by molar-refractivity contribution is -0.114. The van der Waals surface area contributed by atoms with Crippen LogP contribution in [0.5, 0.6) is 0 Å². The molecule has 2 N–H and O–H groups in total. The van der Waals surface area contributed by atoms with Crippen molar-refractivity contribution < 1.29 is 13.6 Å². The molecule has 4 aromatic rings. The Balaban J connectivity index is 1.55. The zero-order chi connectivity index (χ0) is 23.7. The van der Waals surface area contributed by atoms with E-state index in [9.17, 15) is 9.18 Å². The number of thiocarbonyl (C=S) groups is 1. The van der Waals surface area contributed by atoms with Crippen LogP contribution >= 0.6 is 12.2 Å². The van der Waals surface area contributed by atoms with E-state index in [4.69, 9.17) is 16.6 Å². The number of anilines is 2. The Hall–Kier alpha value is -4.04. The van der Waals surface area contributed by atoms with Crippen LogP contribution in [0, 0.1) is 5.82 Å². The second-order valence-electron chi connectivity index (χ2n) is 7.93. The number of rotatable bonds is 5. The van der Waals surface area contributed by atoms with Gasteiger partial charge in [-0.1, -0.05) is 6.07 Å². The lowest BCUT2D eigenvalue weighted by atomic mass is 10.0. The molecule has 8 heteroatoms. The maximum absolute atomic E-state index is 13.4. The van der Waals surface area contributed by atoms with Crippen LogP contribution in [0.25, 0.3) is 11.3 Å². The predicted molar refractivity (Wildman–Crippen MR) is 133 cm³/mol. The van der Waals surface area contributed by atoms with Gasteiger partial charge in [-0.25, -0.2) is 4.39 Å². The molecule has 1 amide bonds. The minimum Gasteiger partial charge on any atom is -0.459 e. The molecule has 0 spiro atoms. The molecule has 0 bridgehead atoms. The topological polar surface area (TPSA) is 70.4 Å². The summed E-state index contributed by atoms with van der Waals surface area (Å²) in [7, 11) is 0. The third-order valence-electron chi connectivity index (χ3n) is 5.61. The second kappa shape index (κ2) is 9.07. The van der Waals surface area contributed by atoms with Gasteiger partial charge in [0.1, 0.15) is 23.4 Å². The number of carbonyl (C=O) groups is 1. The number of nitrogens with zero attached hydrogens (tertiary/aromatic N) is 2. The van der Waals surface area contributed by atoms with Crippen molar-refractivity contribution in [2.24, 2.45) is 0 Å². The minimum atomic E-state index is -0.316. The quantitative estimate of drug-likeness (QED) is 0.368. The SMILES string of the molecule is CC(=O)Nc1ccc(N2C(=S)N[C@@H](c3ccccn3)[C@@H]2c2ccc(-c3ccc(F)cc3)o2)cc1. The fourth-order valence-electron chi connectivity index (χ4n) is 4.11.